The van der Waals surface area contributed by atoms with E-state index in [0.29, 0.717) is 10.4 Å². The standard InChI is InChI=1S/C8H7BrClF/c1-5-6(4-9)2-7(11)3-8(5)10/h2-3H,4H2,1H3. The van der Waals surface area contributed by atoms with Crippen molar-refractivity contribution in [2.45, 2.75) is 12.3 Å². The van der Waals surface area contributed by atoms with Gasteiger partial charge in [0.15, 0.2) is 0 Å². The summed E-state index contributed by atoms with van der Waals surface area (Å²) in [6, 6.07) is 2.80. The summed E-state index contributed by atoms with van der Waals surface area (Å²) >= 11 is 8.99. The molecule has 0 amide bonds. The SMILES string of the molecule is Cc1c(Cl)cc(F)cc1CBr. The lowest BCUT2D eigenvalue weighted by Gasteiger charge is -2.03. The van der Waals surface area contributed by atoms with E-state index in [-0.39, 0.29) is 5.82 Å². The van der Waals surface area contributed by atoms with Gasteiger partial charge in [-0.3, -0.25) is 0 Å². The number of hydrogen-bond donors (Lipinski definition) is 0. The fraction of sp³-hybridized carbons (Fsp3) is 0.250. The third-order valence-electron chi connectivity index (χ3n) is 1.56. The number of rotatable bonds is 1. The van der Waals surface area contributed by atoms with Crippen molar-refractivity contribution in [3.8, 4) is 0 Å². The Labute approximate surface area is 78.5 Å². The molecule has 0 spiro atoms. The second-order valence-electron chi connectivity index (χ2n) is 2.31. The quantitative estimate of drug-likeness (QED) is 0.654. The summed E-state index contributed by atoms with van der Waals surface area (Å²) in [5.41, 5.74) is 1.83. The molecule has 60 valence electrons. The monoisotopic (exact) mass is 236 g/mol. The number of hydrogen-bond acceptors (Lipinski definition) is 0. The maximum absolute atomic E-state index is 12.7. The highest BCUT2D eigenvalue weighted by molar-refractivity contribution is 9.08. The molecular formula is C8H7BrClF. The van der Waals surface area contributed by atoms with Gasteiger partial charge in [-0.1, -0.05) is 27.5 Å². The van der Waals surface area contributed by atoms with Crippen molar-refractivity contribution in [3.63, 3.8) is 0 Å². The third-order valence-corrected chi connectivity index (χ3v) is 2.56. The van der Waals surface area contributed by atoms with Crippen molar-refractivity contribution in [2.75, 3.05) is 0 Å². The van der Waals surface area contributed by atoms with Crippen LogP contribution in [0, 0.1) is 12.7 Å². The number of benzene rings is 1. The normalized spacial score (nSPS) is 10.2. The minimum Gasteiger partial charge on any atom is -0.207 e. The molecular weight excluding hydrogens is 230 g/mol. The van der Waals surface area contributed by atoms with E-state index in [4.69, 9.17) is 11.6 Å². The summed E-state index contributed by atoms with van der Waals surface area (Å²) in [5, 5.41) is 1.12. The predicted molar refractivity (Wildman–Crippen MR) is 48.8 cm³/mol. The van der Waals surface area contributed by atoms with Gasteiger partial charge in [0.25, 0.3) is 0 Å². The van der Waals surface area contributed by atoms with Crippen LogP contribution in [0.25, 0.3) is 0 Å². The summed E-state index contributed by atoms with van der Waals surface area (Å²) in [6.45, 7) is 1.87. The van der Waals surface area contributed by atoms with Crippen molar-refractivity contribution in [2.24, 2.45) is 0 Å². The van der Waals surface area contributed by atoms with Crippen molar-refractivity contribution >= 4 is 27.5 Å². The van der Waals surface area contributed by atoms with Gasteiger partial charge < -0.3 is 0 Å². The lowest BCUT2D eigenvalue weighted by molar-refractivity contribution is 0.626. The Morgan fingerprint density at radius 2 is 2.18 bits per heavy atom. The largest absolute Gasteiger partial charge is 0.207 e. The van der Waals surface area contributed by atoms with Crippen LogP contribution in [0.2, 0.25) is 5.02 Å². The maximum atomic E-state index is 12.7. The van der Waals surface area contributed by atoms with Crippen LogP contribution in [0.15, 0.2) is 12.1 Å². The van der Waals surface area contributed by atoms with Crippen LogP contribution in [0.4, 0.5) is 4.39 Å². The summed E-state index contributed by atoms with van der Waals surface area (Å²) in [7, 11) is 0. The van der Waals surface area contributed by atoms with Crippen LogP contribution in [0.5, 0.6) is 0 Å². The average molecular weight is 237 g/mol. The van der Waals surface area contributed by atoms with E-state index >= 15 is 0 Å². The van der Waals surface area contributed by atoms with E-state index < -0.39 is 0 Å². The van der Waals surface area contributed by atoms with E-state index in [2.05, 4.69) is 15.9 Å². The van der Waals surface area contributed by atoms with Gasteiger partial charge in [-0.25, -0.2) is 4.39 Å². The first-order valence-electron chi connectivity index (χ1n) is 3.15. The van der Waals surface area contributed by atoms with E-state index in [1.807, 2.05) is 6.92 Å². The summed E-state index contributed by atoms with van der Waals surface area (Å²) in [4.78, 5) is 0. The average Bonchev–Trinajstić information content (AvgIpc) is 1.96. The molecule has 1 aromatic rings. The van der Waals surface area contributed by atoms with Crippen LogP contribution in [-0.4, -0.2) is 0 Å². The molecule has 1 aromatic carbocycles. The zero-order valence-electron chi connectivity index (χ0n) is 6.00. The molecule has 0 fully saturated rings. The Hall–Kier alpha value is -0.0800. The Bertz CT molecular complexity index is 273. The predicted octanol–water partition coefficient (Wildman–Crippen LogP) is 3.68. The molecule has 0 N–H and O–H groups in total. The van der Waals surface area contributed by atoms with Crippen molar-refractivity contribution in [1.29, 1.82) is 0 Å². The Morgan fingerprint density at radius 3 is 2.73 bits per heavy atom. The highest BCUT2D eigenvalue weighted by atomic mass is 79.9. The zero-order valence-corrected chi connectivity index (χ0v) is 8.34. The van der Waals surface area contributed by atoms with Crippen LogP contribution >= 0.6 is 27.5 Å². The molecule has 1 rings (SSSR count). The fourth-order valence-electron chi connectivity index (χ4n) is 0.838. The minimum absolute atomic E-state index is 0.282. The van der Waals surface area contributed by atoms with E-state index in [1.54, 1.807) is 0 Å². The Kier molecular flexibility index (Phi) is 2.90. The second kappa shape index (κ2) is 3.55. The smallest absolute Gasteiger partial charge is 0.125 e. The molecule has 0 nitrogen and oxygen atoms in total. The fourth-order valence-corrected chi connectivity index (χ4v) is 1.65. The van der Waals surface area contributed by atoms with Gasteiger partial charge in [0.2, 0.25) is 0 Å². The number of halogens is 3. The highest BCUT2D eigenvalue weighted by Gasteiger charge is 2.03. The molecule has 0 atom stereocenters. The van der Waals surface area contributed by atoms with E-state index in [9.17, 15) is 4.39 Å². The first-order chi connectivity index (χ1) is 5.15. The van der Waals surface area contributed by atoms with E-state index in [0.717, 1.165) is 11.1 Å². The molecule has 0 radical (unpaired) electrons. The molecule has 0 saturated carbocycles. The first kappa shape index (κ1) is 9.01. The molecule has 3 heteroatoms. The molecule has 0 aliphatic rings. The molecule has 0 saturated heterocycles. The molecule has 0 aromatic heterocycles. The van der Waals surface area contributed by atoms with Gasteiger partial charge in [-0.15, -0.1) is 0 Å². The summed E-state index contributed by atoms with van der Waals surface area (Å²) in [6.07, 6.45) is 0. The van der Waals surface area contributed by atoms with Gasteiger partial charge in [-0.2, -0.15) is 0 Å². The van der Waals surface area contributed by atoms with Crippen LogP contribution in [0.3, 0.4) is 0 Å². The van der Waals surface area contributed by atoms with Gasteiger partial charge in [0.05, 0.1) is 0 Å². The summed E-state index contributed by atoms with van der Waals surface area (Å²) in [5.74, 6) is -0.282. The van der Waals surface area contributed by atoms with Crippen LogP contribution in [-0.2, 0) is 5.33 Å². The van der Waals surface area contributed by atoms with Crippen molar-refractivity contribution in [3.05, 3.63) is 34.1 Å². The van der Waals surface area contributed by atoms with Crippen molar-refractivity contribution < 1.29 is 4.39 Å². The molecule has 0 bridgehead atoms. The maximum Gasteiger partial charge on any atom is 0.125 e. The topological polar surface area (TPSA) is 0 Å². The molecule has 11 heavy (non-hydrogen) atoms. The highest BCUT2D eigenvalue weighted by Crippen LogP contribution is 2.22. The molecule has 0 unspecified atom stereocenters. The Balaban J connectivity index is 3.24. The number of alkyl halides is 1. The molecule has 0 aliphatic carbocycles. The minimum atomic E-state index is -0.282. The van der Waals surface area contributed by atoms with Gasteiger partial charge in [0.1, 0.15) is 5.82 Å². The summed E-state index contributed by atoms with van der Waals surface area (Å²) < 4.78 is 12.7. The lowest BCUT2D eigenvalue weighted by Crippen LogP contribution is -1.87. The van der Waals surface area contributed by atoms with E-state index in [1.165, 1.54) is 12.1 Å². The Morgan fingerprint density at radius 1 is 1.55 bits per heavy atom. The second-order valence-corrected chi connectivity index (χ2v) is 3.27. The van der Waals surface area contributed by atoms with Gasteiger partial charge >= 0.3 is 0 Å². The lowest BCUT2D eigenvalue weighted by atomic mass is 10.1. The van der Waals surface area contributed by atoms with Gasteiger partial charge in [-0.05, 0) is 30.2 Å². The molecule has 0 aliphatic heterocycles. The first-order valence-corrected chi connectivity index (χ1v) is 4.65. The molecule has 0 heterocycles. The third kappa shape index (κ3) is 1.94. The zero-order chi connectivity index (χ0) is 8.43. The van der Waals surface area contributed by atoms with Crippen LogP contribution < -0.4 is 0 Å². The van der Waals surface area contributed by atoms with Crippen molar-refractivity contribution in [1.82, 2.24) is 0 Å². The van der Waals surface area contributed by atoms with Crippen LogP contribution in [0.1, 0.15) is 11.1 Å². The van der Waals surface area contributed by atoms with Gasteiger partial charge in [0, 0.05) is 10.4 Å².